The van der Waals surface area contributed by atoms with Crippen molar-refractivity contribution in [3.05, 3.63) is 12.4 Å². The summed E-state index contributed by atoms with van der Waals surface area (Å²) in [5.74, 6) is 0. The average Bonchev–Trinajstić information content (AvgIpc) is 2.59. The molecule has 0 aliphatic carbocycles. The Balaban J connectivity index is 1.86. The Morgan fingerprint density at radius 1 is 1.42 bits per heavy atom. The van der Waals surface area contributed by atoms with E-state index in [0.29, 0.717) is 6.04 Å². The molecule has 4 nitrogen and oxygen atoms in total. The molecule has 4 heteroatoms. The quantitative estimate of drug-likeness (QED) is 0.602. The van der Waals surface area contributed by atoms with E-state index in [0.717, 1.165) is 18.8 Å². The van der Waals surface area contributed by atoms with E-state index in [2.05, 4.69) is 20.8 Å². The first-order valence-electron chi connectivity index (χ1n) is 4.41. The Kier molecular flexibility index (Phi) is 2.27. The molecular formula is C8H14N4. The van der Waals surface area contributed by atoms with Crippen LogP contribution in [-0.4, -0.2) is 29.3 Å². The average molecular weight is 166 g/mol. The summed E-state index contributed by atoms with van der Waals surface area (Å²) in [5, 5.41) is 13.4. The number of nitrogens with zero attached hydrogens (tertiary/aromatic N) is 1. The van der Waals surface area contributed by atoms with Crippen LogP contribution in [-0.2, 0) is 0 Å². The third-order valence-electron chi connectivity index (χ3n) is 2.21. The third kappa shape index (κ3) is 1.76. The zero-order chi connectivity index (χ0) is 8.23. The molecule has 1 aromatic heterocycles. The van der Waals surface area contributed by atoms with Gasteiger partial charge in [0.05, 0.1) is 11.9 Å². The van der Waals surface area contributed by atoms with Gasteiger partial charge < -0.3 is 10.6 Å². The molecule has 0 spiro atoms. The van der Waals surface area contributed by atoms with Gasteiger partial charge in [-0.1, -0.05) is 0 Å². The van der Waals surface area contributed by atoms with Crippen molar-refractivity contribution in [3.63, 3.8) is 0 Å². The SMILES string of the molecule is c1n[nH]cc1NC1CCNCC1. The monoisotopic (exact) mass is 166 g/mol. The molecule has 0 saturated carbocycles. The van der Waals surface area contributed by atoms with Gasteiger partial charge in [0.15, 0.2) is 0 Å². The van der Waals surface area contributed by atoms with Crippen molar-refractivity contribution in [1.29, 1.82) is 0 Å². The first-order chi connectivity index (χ1) is 5.95. The Morgan fingerprint density at radius 2 is 2.25 bits per heavy atom. The lowest BCUT2D eigenvalue weighted by Crippen LogP contribution is -2.35. The van der Waals surface area contributed by atoms with E-state index in [1.54, 1.807) is 0 Å². The van der Waals surface area contributed by atoms with Crippen LogP contribution in [0, 0.1) is 0 Å². The van der Waals surface area contributed by atoms with Gasteiger partial charge >= 0.3 is 0 Å². The normalized spacial score (nSPS) is 19.3. The predicted molar refractivity (Wildman–Crippen MR) is 48.1 cm³/mol. The molecule has 1 aliphatic heterocycles. The van der Waals surface area contributed by atoms with Gasteiger partial charge in [0.1, 0.15) is 0 Å². The highest BCUT2D eigenvalue weighted by atomic mass is 15.1. The maximum atomic E-state index is 3.88. The van der Waals surface area contributed by atoms with Gasteiger partial charge in [0.25, 0.3) is 0 Å². The molecule has 2 rings (SSSR count). The van der Waals surface area contributed by atoms with Gasteiger partial charge in [-0.3, -0.25) is 5.10 Å². The van der Waals surface area contributed by atoms with Crippen molar-refractivity contribution in [3.8, 4) is 0 Å². The third-order valence-corrected chi connectivity index (χ3v) is 2.21. The summed E-state index contributed by atoms with van der Waals surface area (Å²) in [5.41, 5.74) is 1.10. The number of aromatic amines is 1. The highest BCUT2D eigenvalue weighted by molar-refractivity contribution is 5.38. The largest absolute Gasteiger partial charge is 0.380 e. The van der Waals surface area contributed by atoms with E-state index < -0.39 is 0 Å². The number of piperidine rings is 1. The van der Waals surface area contributed by atoms with E-state index in [4.69, 9.17) is 0 Å². The molecule has 3 N–H and O–H groups in total. The van der Waals surface area contributed by atoms with Gasteiger partial charge in [-0.05, 0) is 25.9 Å². The Morgan fingerprint density at radius 3 is 2.92 bits per heavy atom. The molecule has 0 aromatic carbocycles. The van der Waals surface area contributed by atoms with Crippen LogP contribution in [0.3, 0.4) is 0 Å². The highest BCUT2D eigenvalue weighted by Crippen LogP contribution is 2.10. The van der Waals surface area contributed by atoms with Crippen molar-refractivity contribution < 1.29 is 0 Å². The lowest BCUT2D eigenvalue weighted by Gasteiger charge is -2.23. The number of hydrogen-bond acceptors (Lipinski definition) is 3. The summed E-state index contributed by atoms with van der Waals surface area (Å²) in [4.78, 5) is 0. The molecule has 1 aliphatic rings. The first kappa shape index (κ1) is 7.61. The minimum Gasteiger partial charge on any atom is -0.380 e. The van der Waals surface area contributed by atoms with Gasteiger partial charge in [-0.25, -0.2) is 0 Å². The van der Waals surface area contributed by atoms with Gasteiger partial charge in [-0.15, -0.1) is 0 Å². The maximum Gasteiger partial charge on any atom is 0.0725 e. The number of nitrogens with one attached hydrogen (secondary N) is 3. The zero-order valence-corrected chi connectivity index (χ0v) is 7.01. The minimum absolute atomic E-state index is 0.615. The minimum atomic E-state index is 0.615. The number of rotatable bonds is 2. The molecule has 0 bridgehead atoms. The summed E-state index contributed by atoms with van der Waals surface area (Å²) in [6, 6.07) is 0.615. The zero-order valence-electron chi connectivity index (χ0n) is 7.01. The number of aromatic nitrogens is 2. The van der Waals surface area contributed by atoms with Crippen LogP contribution in [0.25, 0.3) is 0 Å². The predicted octanol–water partition coefficient (Wildman–Crippen LogP) is 0.574. The molecule has 0 atom stereocenters. The van der Waals surface area contributed by atoms with E-state index in [9.17, 15) is 0 Å². The molecule has 12 heavy (non-hydrogen) atoms. The van der Waals surface area contributed by atoms with Crippen molar-refractivity contribution in [2.24, 2.45) is 0 Å². The fourth-order valence-corrected chi connectivity index (χ4v) is 1.53. The van der Waals surface area contributed by atoms with E-state index in [-0.39, 0.29) is 0 Å². The van der Waals surface area contributed by atoms with E-state index in [1.165, 1.54) is 12.8 Å². The lowest BCUT2D eigenvalue weighted by atomic mass is 10.1. The number of hydrogen-bond donors (Lipinski definition) is 3. The van der Waals surface area contributed by atoms with E-state index in [1.807, 2.05) is 12.4 Å². The molecule has 0 radical (unpaired) electrons. The number of H-pyrrole nitrogens is 1. The Labute approximate surface area is 71.7 Å². The standard InChI is InChI=1S/C8H14N4/c1-3-9-4-2-7(1)12-8-5-10-11-6-8/h5-7,9,12H,1-4H2,(H,10,11). The number of anilines is 1. The van der Waals surface area contributed by atoms with Crippen molar-refractivity contribution >= 4 is 5.69 Å². The second-order valence-corrected chi connectivity index (χ2v) is 3.16. The van der Waals surface area contributed by atoms with Crippen LogP contribution in [0.15, 0.2) is 12.4 Å². The Bertz CT molecular complexity index is 213. The fraction of sp³-hybridized carbons (Fsp3) is 0.625. The molecule has 0 unspecified atom stereocenters. The van der Waals surface area contributed by atoms with Crippen LogP contribution in [0.5, 0.6) is 0 Å². The van der Waals surface area contributed by atoms with Crippen LogP contribution in [0.2, 0.25) is 0 Å². The van der Waals surface area contributed by atoms with E-state index >= 15 is 0 Å². The topological polar surface area (TPSA) is 52.7 Å². The van der Waals surface area contributed by atoms with Crippen molar-refractivity contribution in [1.82, 2.24) is 15.5 Å². The van der Waals surface area contributed by atoms with Crippen LogP contribution in [0.1, 0.15) is 12.8 Å². The summed E-state index contributed by atoms with van der Waals surface area (Å²) in [6.07, 6.45) is 6.11. The second-order valence-electron chi connectivity index (χ2n) is 3.16. The summed E-state index contributed by atoms with van der Waals surface area (Å²) >= 11 is 0. The molecule has 0 amide bonds. The van der Waals surface area contributed by atoms with Gasteiger partial charge in [0, 0.05) is 12.2 Å². The fourth-order valence-electron chi connectivity index (χ4n) is 1.53. The molecule has 1 aromatic rings. The summed E-state index contributed by atoms with van der Waals surface area (Å²) in [7, 11) is 0. The smallest absolute Gasteiger partial charge is 0.0725 e. The second kappa shape index (κ2) is 3.58. The molecular weight excluding hydrogens is 152 g/mol. The Hall–Kier alpha value is -1.03. The summed E-state index contributed by atoms with van der Waals surface area (Å²) in [6.45, 7) is 2.24. The highest BCUT2D eigenvalue weighted by Gasteiger charge is 2.12. The van der Waals surface area contributed by atoms with Crippen LogP contribution >= 0.6 is 0 Å². The van der Waals surface area contributed by atoms with Gasteiger partial charge in [0.2, 0.25) is 0 Å². The lowest BCUT2D eigenvalue weighted by molar-refractivity contribution is 0.479. The maximum absolute atomic E-state index is 3.88. The molecule has 66 valence electrons. The van der Waals surface area contributed by atoms with Crippen LogP contribution < -0.4 is 10.6 Å². The molecule has 1 fully saturated rings. The van der Waals surface area contributed by atoms with Gasteiger partial charge in [-0.2, -0.15) is 5.10 Å². The molecule has 1 saturated heterocycles. The van der Waals surface area contributed by atoms with Crippen molar-refractivity contribution in [2.75, 3.05) is 18.4 Å². The van der Waals surface area contributed by atoms with Crippen molar-refractivity contribution in [2.45, 2.75) is 18.9 Å². The summed E-state index contributed by atoms with van der Waals surface area (Å²) < 4.78 is 0. The first-order valence-corrected chi connectivity index (χ1v) is 4.41. The molecule has 2 heterocycles. The van der Waals surface area contributed by atoms with Crippen LogP contribution in [0.4, 0.5) is 5.69 Å².